The zero-order chi connectivity index (χ0) is 28.4. The van der Waals surface area contributed by atoms with Crippen molar-refractivity contribution in [2.24, 2.45) is 0 Å². The molecule has 1 aliphatic rings. The van der Waals surface area contributed by atoms with Gasteiger partial charge in [-0.15, -0.1) is 0 Å². The fourth-order valence-electron chi connectivity index (χ4n) is 5.00. The van der Waals surface area contributed by atoms with Crippen molar-refractivity contribution in [2.45, 2.75) is 52.2 Å². The minimum atomic E-state index is -0.555. The minimum Gasteiger partial charge on any atom is -0.444 e. The third-order valence-electron chi connectivity index (χ3n) is 6.92. The zero-order valence-electron chi connectivity index (χ0n) is 23.3. The number of alkyl carbamates (subject to hydrolysis) is 1. The minimum absolute atomic E-state index is 0.0454. The number of anilines is 1. The SMILES string of the molecule is Cc1ccc(-n2c(-c3ccc(C#N)cc3)nc3cc(N4CCC[C@H](NC(=O)OC(C)(C)C)C4)ccc3c2=O)cc1. The molecule has 0 aliphatic carbocycles. The number of ether oxygens (including phenoxy) is 1. The maximum Gasteiger partial charge on any atom is 0.407 e. The summed E-state index contributed by atoms with van der Waals surface area (Å²) < 4.78 is 7.07. The van der Waals surface area contributed by atoms with E-state index in [0.717, 1.165) is 41.9 Å². The molecule has 204 valence electrons. The Hall–Kier alpha value is -4.64. The summed E-state index contributed by atoms with van der Waals surface area (Å²) >= 11 is 0. The number of nitrogens with one attached hydrogen (secondary N) is 1. The lowest BCUT2D eigenvalue weighted by molar-refractivity contribution is 0.0500. The van der Waals surface area contributed by atoms with Crippen LogP contribution >= 0.6 is 0 Å². The van der Waals surface area contributed by atoms with Gasteiger partial charge in [0.1, 0.15) is 11.4 Å². The van der Waals surface area contributed by atoms with Crippen molar-refractivity contribution in [3.05, 3.63) is 88.2 Å². The molecule has 0 bridgehead atoms. The van der Waals surface area contributed by atoms with Crippen LogP contribution in [0.25, 0.3) is 28.0 Å². The number of carbonyl (C=O) groups excluding carboxylic acids is 1. The average Bonchev–Trinajstić information content (AvgIpc) is 2.92. The Labute approximate surface area is 233 Å². The van der Waals surface area contributed by atoms with Crippen LogP contribution in [0.2, 0.25) is 0 Å². The van der Waals surface area contributed by atoms with E-state index in [9.17, 15) is 14.9 Å². The monoisotopic (exact) mass is 535 g/mol. The van der Waals surface area contributed by atoms with E-state index >= 15 is 0 Å². The van der Waals surface area contributed by atoms with Gasteiger partial charge in [0.15, 0.2) is 0 Å². The summed E-state index contributed by atoms with van der Waals surface area (Å²) in [5.74, 6) is 0.506. The van der Waals surface area contributed by atoms with E-state index < -0.39 is 11.7 Å². The predicted molar refractivity (Wildman–Crippen MR) is 157 cm³/mol. The Kier molecular flexibility index (Phi) is 7.31. The Morgan fingerprint density at radius 2 is 1.75 bits per heavy atom. The first-order chi connectivity index (χ1) is 19.1. The van der Waals surface area contributed by atoms with Crippen molar-refractivity contribution in [1.29, 1.82) is 5.26 Å². The molecule has 1 amide bonds. The number of nitriles is 1. The van der Waals surface area contributed by atoms with E-state index in [1.54, 1.807) is 16.7 Å². The van der Waals surface area contributed by atoms with Crippen LogP contribution in [0.15, 0.2) is 71.5 Å². The molecule has 0 radical (unpaired) electrons. The average molecular weight is 536 g/mol. The van der Waals surface area contributed by atoms with Gasteiger partial charge in [0, 0.05) is 30.4 Å². The predicted octanol–water partition coefficient (Wildman–Crippen LogP) is 5.73. The van der Waals surface area contributed by atoms with Gasteiger partial charge >= 0.3 is 6.09 Å². The van der Waals surface area contributed by atoms with Gasteiger partial charge in [-0.3, -0.25) is 9.36 Å². The quantitative estimate of drug-likeness (QED) is 0.358. The summed E-state index contributed by atoms with van der Waals surface area (Å²) in [5.41, 5.74) is 3.90. The van der Waals surface area contributed by atoms with Crippen molar-refractivity contribution < 1.29 is 9.53 Å². The van der Waals surface area contributed by atoms with Gasteiger partial charge in [0.25, 0.3) is 5.56 Å². The molecule has 8 nitrogen and oxygen atoms in total. The van der Waals surface area contributed by atoms with Crippen molar-refractivity contribution >= 4 is 22.7 Å². The second-order valence-electron chi connectivity index (χ2n) is 11.2. The first-order valence-corrected chi connectivity index (χ1v) is 13.5. The summed E-state index contributed by atoms with van der Waals surface area (Å²) in [6, 6.07) is 22.7. The molecule has 8 heteroatoms. The smallest absolute Gasteiger partial charge is 0.407 e. The van der Waals surface area contributed by atoms with E-state index in [1.165, 1.54) is 0 Å². The molecule has 1 fully saturated rings. The Balaban J connectivity index is 1.53. The maximum atomic E-state index is 13.9. The van der Waals surface area contributed by atoms with E-state index in [2.05, 4.69) is 16.3 Å². The van der Waals surface area contributed by atoms with E-state index in [1.807, 2.05) is 82.3 Å². The van der Waals surface area contributed by atoms with Crippen LogP contribution < -0.4 is 15.8 Å². The molecule has 3 aromatic carbocycles. The lowest BCUT2D eigenvalue weighted by Gasteiger charge is -2.35. The normalized spacial score (nSPS) is 15.5. The third-order valence-corrected chi connectivity index (χ3v) is 6.92. The van der Waals surface area contributed by atoms with Gasteiger partial charge in [0.05, 0.1) is 28.2 Å². The van der Waals surface area contributed by atoms with Crippen LogP contribution in [-0.2, 0) is 4.74 Å². The Bertz CT molecular complexity index is 1640. The molecule has 4 aromatic rings. The van der Waals surface area contributed by atoms with E-state index in [4.69, 9.17) is 9.72 Å². The van der Waals surface area contributed by atoms with Gasteiger partial charge in [-0.05, 0) is 95.1 Å². The molecule has 0 spiro atoms. The molecule has 0 unspecified atom stereocenters. The lowest BCUT2D eigenvalue weighted by Crippen LogP contribution is -2.49. The Morgan fingerprint density at radius 3 is 2.42 bits per heavy atom. The van der Waals surface area contributed by atoms with Crippen molar-refractivity contribution in [1.82, 2.24) is 14.9 Å². The number of hydrogen-bond acceptors (Lipinski definition) is 6. The van der Waals surface area contributed by atoms with Gasteiger partial charge in [-0.25, -0.2) is 9.78 Å². The van der Waals surface area contributed by atoms with Gasteiger partial charge in [-0.2, -0.15) is 5.26 Å². The van der Waals surface area contributed by atoms with Crippen molar-refractivity contribution in [3.8, 4) is 23.1 Å². The molecule has 1 aliphatic heterocycles. The van der Waals surface area contributed by atoms with Crippen LogP contribution in [-0.4, -0.2) is 40.4 Å². The molecule has 5 rings (SSSR count). The summed E-state index contributed by atoms with van der Waals surface area (Å²) in [6.45, 7) is 9.01. The molecular weight excluding hydrogens is 502 g/mol. The standard InChI is InChI=1S/C32H33N5O3/c1-21-7-13-25(14-8-21)37-29(23-11-9-22(19-33)10-12-23)35-28-18-26(15-16-27(28)30(37)38)36-17-5-6-24(20-36)34-31(39)40-32(2,3)4/h7-16,18,24H,5-6,17,20H2,1-4H3,(H,34,39)/t24-/m0/s1. The topological polar surface area (TPSA) is 100 Å². The number of aromatic nitrogens is 2. The van der Waals surface area contributed by atoms with Gasteiger partial charge < -0.3 is 15.0 Å². The van der Waals surface area contributed by atoms with Crippen LogP contribution in [0.3, 0.4) is 0 Å². The highest BCUT2D eigenvalue weighted by molar-refractivity contribution is 5.84. The molecule has 1 saturated heterocycles. The van der Waals surface area contributed by atoms with Gasteiger partial charge in [-0.1, -0.05) is 17.7 Å². The molecule has 0 saturated carbocycles. The molecule has 1 N–H and O–H groups in total. The third kappa shape index (κ3) is 5.84. The largest absolute Gasteiger partial charge is 0.444 e. The highest BCUT2D eigenvalue weighted by Crippen LogP contribution is 2.27. The summed E-state index contributed by atoms with van der Waals surface area (Å²) in [6.07, 6.45) is 1.37. The van der Waals surface area contributed by atoms with Crippen molar-refractivity contribution in [3.63, 3.8) is 0 Å². The Morgan fingerprint density at radius 1 is 1.05 bits per heavy atom. The van der Waals surface area contributed by atoms with E-state index in [0.29, 0.717) is 28.8 Å². The number of carbonyl (C=O) groups is 1. The number of nitrogens with zero attached hydrogens (tertiary/aromatic N) is 4. The van der Waals surface area contributed by atoms with Crippen LogP contribution in [0.4, 0.5) is 10.5 Å². The number of rotatable bonds is 4. The first kappa shape index (κ1) is 26.9. The molecule has 1 atom stereocenters. The second kappa shape index (κ2) is 10.9. The molecule has 2 heterocycles. The summed E-state index contributed by atoms with van der Waals surface area (Å²) in [4.78, 5) is 33.4. The van der Waals surface area contributed by atoms with Gasteiger partial charge in [0.2, 0.25) is 0 Å². The molecular formula is C32H33N5O3. The van der Waals surface area contributed by atoms with E-state index in [-0.39, 0.29) is 11.6 Å². The fourth-order valence-corrected chi connectivity index (χ4v) is 5.00. The number of piperidine rings is 1. The second-order valence-corrected chi connectivity index (χ2v) is 11.2. The number of benzene rings is 3. The molecule has 40 heavy (non-hydrogen) atoms. The highest BCUT2D eigenvalue weighted by atomic mass is 16.6. The summed E-state index contributed by atoms with van der Waals surface area (Å²) in [7, 11) is 0. The zero-order valence-corrected chi connectivity index (χ0v) is 23.3. The first-order valence-electron chi connectivity index (χ1n) is 13.5. The van der Waals surface area contributed by atoms with Crippen LogP contribution in [0, 0.1) is 18.3 Å². The fraction of sp³-hybridized carbons (Fsp3) is 0.312. The number of aryl methyl sites for hydroxylation is 1. The number of hydrogen-bond donors (Lipinski definition) is 1. The number of amides is 1. The van der Waals surface area contributed by atoms with Crippen LogP contribution in [0.5, 0.6) is 0 Å². The summed E-state index contributed by atoms with van der Waals surface area (Å²) in [5, 5.41) is 12.8. The number of fused-ring (bicyclic) bond motifs is 1. The molecule has 1 aromatic heterocycles. The lowest BCUT2D eigenvalue weighted by atomic mass is 10.0. The van der Waals surface area contributed by atoms with Crippen molar-refractivity contribution in [2.75, 3.05) is 18.0 Å². The highest BCUT2D eigenvalue weighted by Gasteiger charge is 2.25. The maximum absolute atomic E-state index is 13.9. The van der Waals surface area contributed by atoms with Crippen LogP contribution in [0.1, 0.15) is 44.7 Å².